The molecule has 164 valence electrons. The Hall–Kier alpha value is -2.20. The van der Waals surface area contributed by atoms with Crippen molar-refractivity contribution in [3.8, 4) is 0 Å². The third kappa shape index (κ3) is 5.48. The zero-order chi connectivity index (χ0) is 21.9. The number of sulfonamides is 1. The maximum atomic E-state index is 13.2. The fraction of sp³-hybridized carbons (Fsp3) is 0.476. The minimum absolute atomic E-state index is 0.0572. The maximum absolute atomic E-state index is 13.2. The normalized spacial score (nSPS) is 15.5. The molecule has 1 saturated heterocycles. The molecule has 2 heterocycles. The van der Waals surface area contributed by atoms with Gasteiger partial charge in [-0.2, -0.15) is 0 Å². The van der Waals surface area contributed by atoms with Gasteiger partial charge < -0.3 is 14.5 Å². The van der Waals surface area contributed by atoms with Crippen molar-refractivity contribution >= 4 is 21.6 Å². The van der Waals surface area contributed by atoms with Crippen molar-refractivity contribution in [2.24, 2.45) is 11.1 Å². The highest BCUT2D eigenvalue weighted by molar-refractivity contribution is 7.89. The Morgan fingerprint density at radius 1 is 1.27 bits per heavy atom. The lowest BCUT2D eigenvalue weighted by atomic mass is 10.0. The van der Waals surface area contributed by atoms with E-state index < -0.39 is 10.0 Å². The van der Waals surface area contributed by atoms with Gasteiger partial charge in [0.2, 0.25) is 10.0 Å². The molecule has 0 bridgehead atoms. The van der Waals surface area contributed by atoms with Crippen molar-refractivity contribution in [1.82, 2.24) is 4.90 Å². The first-order valence-electron chi connectivity index (χ1n) is 10.0. The predicted molar refractivity (Wildman–Crippen MR) is 114 cm³/mol. The van der Waals surface area contributed by atoms with Gasteiger partial charge in [0.1, 0.15) is 11.5 Å². The van der Waals surface area contributed by atoms with Crippen LogP contribution >= 0.6 is 0 Å². The molecule has 0 spiro atoms. The highest BCUT2D eigenvalue weighted by Crippen LogP contribution is 2.28. The molecule has 2 aromatic rings. The van der Waals surface area contributed by atoms with Crippen molar-refractivity contribution in [3.63, 3.8) is 0 Å². The SMILES string of the molecule is Cc1oc(CC(C)C)c(CN2CCOCC2)c1C(=O)Nc1cccc(S(N)(=O)=O)c1. The van der Waals surface area contributed by atoms with Crippen molar-refractivity contribution in [2.75, 3.05) is 31.6 Å². The number of aryl methyl sites for hydroxylation is 1. The second-order valence-corrected chi connectivity index (χ2v) is 9.51. The van der Waals surface area contributed by atoms with Gasteiger partial charge in [-0.3, -0.25) is 9.69 Å². The summed E-state index contributed by atoms with van der Waals surface area (Å²) in [6.45, 7) is 9.51. The molecule has 0 unspecified atom stereocenters. The van der Waals surface area contributed by atoms with E-state index in [0.717, 1.165) is 30.8 Å². The molecule has 1 aromatic heterocycles. The van der Waals surface area contributed by atoms with E-state index in [9.17, 15) is 13.2 Å². The van der Waals surface area contributed by atoms with Gasteiger partial charge in [-0.1, -0.05) is 19.9 Å². The number of rotatable bonds is 7. The number of benzene rings is 1. The molecule has 1 aliphatic rings. The van der Waals surface area contributed by atoms with E-state index in [1.807, 2.05) is 0 Å². The fourth-order valence-corrected chi connectivity index (χ4v) is 4.14. The van der Waals surface area contributed by atoms with Crippen molar-refractivity contribution in [1.29, 1.82) is 0 Å². The van der Waals surface area contributed by atoms with E-state index in [0.29, 0.717) is 42.7 Å². The van der Waals surface area contributed by atoms with E-state index in [-0.39, 0.29) is 10.8 Å². The molecule has 0 aliphatic carbocycles. The zero-order valence-corrected chi connectivity index (χ0v) is 18.4. The molecule has 0 atom stereocenters. The summed E-state index contributed by atoms with van der Waals surface area (Å²) in [5, 5.41) is 7.99. The molecule has 3 N–H and O–H groups in total. The van der Waals surface area contributed by atoms with Crippen molar-refractivity contribution in [3.05, 3.63) is 46.9 Å². The fourth-order valence-electron chi connectivity index (χ4n) is 3.58. The molecular weight excluding hydrogens is 406 g/mol. The molecule has 30 heavy (non-hydrogen) atoms. The third-order valence-corrected chi connectivity index (χ3v) is 5.90. The van der Waals surface area contributed by atoms with Crippen LogP contribution in [0.5, 0.6) is 0 Å². The number of furan rings is 1. The number of nitrogens with two attached hydrogens (primary N) is 1. The van der Waals surface area contributed by atoms with Gasteiger partial charge in [0.05, 0.1) is 23.7 Å². The summed E-state index contributed by atoms with van der Waals surface area (Å²) >= 11 is 0. The van der Waals surface area contributed by atoms with E-state index >= 15 is 0 Å². The van der Waals surface area contributed by atoms with Crippen LogP contribution in [0.4, 0.5) is 5.69 Å². The Morgan fingerprint density at radius 3 is 2.60 bits per heavy atom. The number of nitrogens with zero attached hydrogens (tertiary/aromatic N) is 1. The summed E-state index contributed by atoms with van der Waals surface area (Å²) in [5.41, 5.74) is 1.73. The minimum atomic E-state index is -3.86. The summed E-state index contributed by atoms with van der Waals surface area (Å²) in [4.78, 5) is 15.4. The molecule has 8 nitrogen and oxygen atoms in total. The van der Waals surface area contributed by atoms with Crippen LogP contribution in [-0.4, -0.2) is 45.5 Å². The van der Waals surface area contributed by atoms with Crippen LogP contribution in [-0.2, 0) is 27.7 Å². The molecular formula is C21H29N3O5S. The quantitative estimate of drug-likeness (QED) is 0.691. The summed E-state index contributed by atoms with van der Waals surface area (Å²) in [6.07, 6.45) is 0.731. The second kappa shape index (κ2) is 9.30. The van der Waals surface area contributed by atoms with Gasteiger partial charge in [-0.25, -0.2) is 13.6 Å². The Kier molecular flexibility index (Phi) is 6.97. The first kappa shape index (κ1) is 22.5. The van der Waals surface area contributed by atoms with Gasteiger partial charge >= 0.3 is 0 Å². The second-order valence-electron chi connectivity index (χ2n) is 7.95. The molecule has 1 aliphatic heterocycles. The Balaban J connectivity index is 1.91. The summed E-state index contributed by atoms with van der Waals surface area (Å²) in [7, 11) is -3.86. The molecule has 9 heteroatoms. The first-order valence-corrected chi connectivity index (χ1v) is 11.5. The Morgan fingerprint density at radius 2 is 1.97 bits per heavy atom. The van der Waals surface area contributed by atoms with Gasteiger partial charge in [0.25, 0.3) is 5.91 Å². The number of primary sulfonamides is 1. The number of hydrogen-bond donors (Lipinski definition) is 2. The van der Waals surface area contributed by atoms with E-state index in [1.54, 1.807) is 13.0 Å². The molecule has 3 rings (SSSR count). The molecule has 1 aromatic carbocycles. The standard InChI is InChI=1S/C21H29N3O5S/c1-14(2)11-19-18(13-24-7-9-28-10-8-24)20(15(3)29-19)21(25)23-16-5-4-6-17(12-16)30(22,26)27/h4-6,12,14H,7-11,13H2,1-3H3,(H,23,25)(H2,22,26,27). The van der Waals surface area contributed by atoms with Crippen LogP contribution in [0.2, 0.25) is 0 Å². The van der Waals surface area contributed by atoms with Crippen molar-refractivity contribution < 1.29 is 22.4 Å². The van der Waals surface area contributed by atoms with Crippen LogP contribution < -0.4 is 10.5 Å². The molecule has 0 saturated carbocycles. The van der Waals surface area contributed by atoms with Crippen LogP contribution in [0, 0.1) is 12.8 Å². The Labute approximate surface area is 177 Å². The average Bonchev–Trinajstić information content (AvgIpc) is 2.96. The number of hydrogen-bond acceptors (Lipinski definition) is 6. The zero-order valence-electron chi connectivity index (χ0n) is 17.6. The number of carbonyl (C=O) groups excluding carboxylic acids is 1. The highest BCUT2D eigenvalue weighted by atomic mass is 32.2. The van der Waals surface area contributed by atoms with Crippen LogP contribution in [0.15, 0.2) is 33.6 Å². The number of nitrogens with one attached hydrogen (secondary N) is 1. The van der Waals surface area contributed by atoms with E-state index in [4.69, 9.17) is 14.3 Å². The Bertz CT molecular complexity index is 1010. The van der Waals surface area contributed by atoms with Gasteiger partial charge in [-0.15, -0.1) is 0 Å². The predicted octanol–water partition coefficient (Wildman–Crippen LogP) is 2.52. The lowest BCUT2D eigenvalue weighted by Crippen LogP contribution is -2.36. The molecule has 1 amide bonds. The highest BCUT2D eigenvalue weighted by Gasteiger charge is 2.26. The molecule has 0 radical (unpaired) electrons. The number of carbonyl (C=O) groups is 1. The number of anilines is 1. The smallest absolute Gasteiger partial charge is 0.259 e. The number of morpholine rings is 1. The summed E-state index contributed by atoms with van der Waals surface area (Å²) in [5.74, 6) is 1.41. The van der Waals surface area contributed by atoms with Crippen LogP contribution in [0.3, 0.4) is 0 Å². The number of ether oxygens (including phenoxy) is 1. The summed E-state index contributed by atoms with van der Waals surface area (Å²) in [6, 6.07) is 5.90. The van der Waals surface area contributed by atoms with E-state index in [1.165, 1.54) is 18.2 Å². The van der Waals surface area contributed by atoms with Gasteiger partial charge in [-0.05, 0) is 31.0 Å². The van der Waals surface area contributed by atoms with Gasteiger partial charge in [0, 0.05) is 37.3 Å². The number of amides is 1. The lowest BCUT2D eigenvalue weighted by molar-refractivity contribution is 0.0338. The van der Waals surface area contributed by atoms with Crippen LogP contribution in [0.1, 0.15) is 41.3 Å². The monoisotopic (exact) mass is 435 g/mol. The largest absolute Gasteiger partial charge is 0.465 e. The third-order valence-electron chi connectivity index (χ3n) is 4.99. The summed E-state index contributed by atoms with van der Waals surface area (Å²) < 4.78 is 34.7. The first-order chi connectivity index (χ1) is 14.1. The lowest BCUT2D eigenvalue weighted by Gasteiger charge is -2.27. The van der Waals surface area contributed by atoms with Crippen molar-refractivity contribution in [2.45, 2.75) is 38.6 Å². The van der Waals surface area contributed by atoms with Crippen LogP contribution in [0.25, 0.3) is 0 Å². The minimum Gasteiger partial charge on any atom is -0.465 e. The molecule has 1 fully saturated rings. The van der Waals surface area contributed by atoms with E-state index in [2.05, 4.69) is 24.1 Å². The maximum Gasteiger partial charge on any atom is 0.259 e. The topological polar surface area (TPSA) is 115 Å². The average molecular weight is 436 g/mol. The van der Waals surface area contributed by atoms with Gasteiger partial charge in [0.15, 0.2) is 0 Å².